The first-order chi connectivity index (χ1) is 11.5. The van der Waals surface area contributed by atoms with E-state index in [1.54, 1.807) is 18.2 Å². The van der Waals surface area contributed by atoms with Crippen LogP contribution in [0.25, 0.3) is 0 Å². The van der Waals surface area contributed by atoms with Crippen molar-refractivity contribution in [2.45, 2.75) is 58.9 Å². The second-order valence-corrected chi connectivity index (χ2v) is 6.90. The number of piperidine rings is 1. The van der Waals surface area contributed by atoms with Gasteiger partial charge >= 0.3 is 0 Å². The van der Waals surface area contributed by atoms with E-state index >= 15 is 0 Å². The number of rotatable bonds is 6. The third-order valence-electron chi connectivity index (χ3n) is 4.57. The van der Waals surface area contributed by atoms with E-state index in [2.05, 4.69) is 31.1 Å². The van der Waals surface area contributed by atoms with Gasteiger partial charge in [-0.05, 0) is 50.2 Å². The lowest BCUT2D eigenvalue weighted by Crippen LogP contribution is -2.43. The van der Waals surface area contributed by atoms with Gasteiger partial charge in [-0.25, -0.2) is 4.98 Å². The van der Waals surface area contributed by atoms with E-state index in [1.165, 1.54) is 6.42 Å². The Morgan fingerprint density at radius 3 is 2.75 bits per heavy atom. The minimum atomic E-state index is -0.212. The number of nitrogens with zero attached hydrogens (tertiary/aromatic N) is 2. The Hall–Kier alpha value is -1.91. The summed E-state index contributed by atoms with van der Waals surface area (Å²) in [5.74, 6) is 0.269. The summed E-state index contributed by atoms with van der Waals surface area (Å²) in [5.41, 5.74) is 0.682. The van der Waals surface area contributed by atoms with Gasteiger partial charge in [0.25, 0.3) is 11.8 Å². The van der Waals surface area contributed by atoms with Crippen molar-refractivity contribution in [3.8, 4) is 0 Å². The highest BCUT2D eigenvalue weighted by molar-refractivity contribution is 5.96. The third kappa shape index (κ3) is 4.79. The van der Waals surface area contributed by atoms with Crippen molar-refractivity contribution in [1.29, 1.82) is 0 Å². The maximum absolute atomic E-state index is 12.8. The number of aromatic nitrogens is 1. The lowest BCUT2D eigenvalue weighted by atomic mass is 9.99. The van der Waals surface area contributed by atoms with Crippen molar-refractivity contribution in [3.05, 3.63) is 29.6 Å². The Kier molecular flexibility index (Phi) is 6.76. The number of carbonyl (C=O) groups is 2. The van der Waals surface area contributed by atoms with Gasteiger partial charge in [0.15, 0.2) is 0 Å². The summed E-state index contributed by atoms with van der Waals surface area (Å²) in [6.45, 7) is 7.76. The van der Waals surface area contributed by atoms with Gasteiger partial charge in [-0.3, -0.25) is 9.59 Å². The Balaban J connectivity index is 2.06. The highest BCUT2D eigenvalue weighted by Crippen LogP contribution is 2.21. The molecule has 1 fully saturated rings. The van der Waals surface area contributed by atoms with Crippen LogP contribution in [0.15, 0.2) is 18.2 Å². The second-order valence-electron chi connectivity index (χ2n) is 6.90. The summed E-state index contributed by atoms with van der Waals surface area (Å²) in [6.07, 6.45) is 5.15. The molecule has 0 aliphatic carbocycles. The van der Waals surface area contributed by atoms with E-state index in [0.717, 1.165) is 32.2 Å². The maximum Gasteiger partial charge on any atom is 0.272 e. The molecule has 1 unspecified atom stereocenters. The molecule has 2 rings (SSSR count). The van der Waals surface area contributed by atoms with E-state index in [9.17, 15) is 9.59 Å². The first-order valence-corrected chi connectivity index (χ1v) is 9.09. The molecule has 1 aromatic rings. The van der Waals surface area contributed by atoms with Crippen molar-refractivity contribution < 1.29 is 9.59 Å². The first-order valence-electron chi connectivity index (χ1n) is 9.09. The molecule has 1 N–H and O–H groups in total. The van der Waals surface area contributed by atoms with Crippen molar-refractivity contribution in [2.24, 2.45) is 5.92 Å². The Morgan fingerprint density at radius 1 is 1.29 bits per heavy atom. The van der Waals surface area contributed by atoms with E-state index in [4.69, 9.17) is 0 Å². The van der Waals surface area contributed by atoms with Gasteiger partial charge in [-0.2, -0.15) is 0 Å². The molecule has 0 radical (unpaired) electrons. The Bertz CT molecular complexity index is 571. The number of hydrogen-bond acceptors (Lipinski definition) is 3. The summed E-state index contributed by atoms with van der Waals surface area (Å²) in [7, 11) is 0. The van der Waals surface area contributed by atoms with Crippen LogP contribution in [0, 0.1) is 5.92 Å². The zero-order valence-electron chi connectivity index (χ0n) is 15.0. The van der Waals surface area contributed by atoms with Crippen LogP contribution in [0.5, 0.6) is 0 Å². The zero-order chi connectivity index (χ0) is 17.5. The van der Waals surface area contributed by atoms with Crippen LogP contribution >= 0.6 is 0 Å². The van der Waals surface area contributed by atoms with Crippen LogP contribution in [0.2, 0.25) is 0 Å². The van der Waals surface area contributed by atoms with Gasteiger partial charge in [-0.1, -0.05) is 26.8 Å². The number of carbonyl (C=O) groups excluding carboxylic acids is 2. The summed E-state index contributed by atoms with van der Waals surface area (Å²) in [4.78, 5) is 31.2. The molecule has 5 heteroatoms. The van der Waals surface area contributed by atoms with Crippen molar-refractivity contribution in [2.75, 3.05) is 13.1 Å². The number of likely N-dealkylation sites (tertiary alicyclic amines) is 1. The quantitative estimate of drug-likeness (QED) is 0.870. The number of nitrogens with one attached hydrogen (secondary N) is 1. The smallest absolute Gasteiger partial charge is 0.272 e. The average Bonchev–Trinajstić information content (AvgIpc) is 2.60. The molecule has 1 aromatic heterocycles. The van der Waals surface area contributed by atoms with E-state index in [1.807, 2.05) is 4.90 Å². The lowest BCUT2D eigenvalue weighted by molar-refractivity contribution is 0.0602. The van der Waals surface area contributed by atoms with Crippen LogP contribution in [0.4, 0.5) is 0 Å². The Labute approximate surface area is 144 Å². The number of amides is 2. The number of pyridine rings is 1. The molecule has 132 valence electrons. The largest absolute Gasteiger partial charge is 0.351 e. The number of hydrogen-bond donors (Lipinski definition) is 1. The summed E-state index contributed by atoms with van der Waals surface area (Å²) in [5, 5.41) is 2.87. The minimum absolute atomic E-state index is 0.0571. The highest BCUT2D eigenvalue weighted by atomic mass is 16.2. The summed E-state index contributed by atoms with van der Waals surface area (Å²) < 4.78 is 0. The normalized spacial score (nSPS) is 17.8. The SMILES string of the molecule is CCC1CCCCN1C(=O)c1cccc(C(=O)NCCC(C)C)n1. The van der Waals surface area contributed by atoms with Crippen LogP contribution in [0.3, 0.4) is 0 Å². The molecular formula is C19H29N3O2. The molecule has 0 bridgehead atoms. The lowest BCUT2D eigenvalue weighted by Gasteiger charge is -2.35. The van der Waals surface area contributed by atoms with Gasteiger partial charge in [0.05, 0.1) is 0 Å². The maximum atomic E-state index is 12.8. The minimum Gasteiger partial charge on any atom is -0.351 e. The van der Waals surface area contributed by atoms with E-state index in [-0.39, 0.29) is 17.9 Å². The molecule has 0 aromatic carbocycles. The van der Waals surface area contributed by atoms with Gasteiger partial charge in [-0.15, -0.1) is 0 Å². The monoisotopic (exact) mass is 331 g/mol. The molecule has 0 spiro atoms. The molecule has 1 atom stereocenters. The molecular weight excluding hydrogens is 302 g/mol. The van der Waals surface area contributed by atoms with Gasteiger partial charge < -0.3 is 10.2 Å². The highest BCUT2D eigenvalue weighted by Gasteiger charge is 2.27. The zero-order valence-corrected chi connectivity index (χ0v) is 15.0. The molecule has 2 amide bonds. The predicted molar refractivity (Wildman–Crippen MR) is 95.0 cm³/mol. The topological polar surface area (TPSA) is 62.3 Å². The molecule has 0 saturated carbocycles. The molecule has 1 aliphatic heterocycles. The fourth-order valence-electron chi connectivity index (χ4n) is 3.08. The summed E-state index contributed by atoms with van der Waals surface area (Å²) in [6, 6.07) is 5.39. The molecule has 2 heterocycles. The molecule has 24 heavy (non-hydrogen) atoms. The van der Waals surface area contributed by atoms with Crippen LogP contribution in [-0.2, 0) is 0 Å². The molecule has 1 aliphatic rings. The van der Waals surface area contributed by atoms with E-state index in [0.29, 0.717) is 23.9 Å². The van der Waals surface area contributed by atoms with Crippen molar-refractivity contribution in [1.82, 2.24) is 15.2 Å². The third-order valence-corrected chi connectivity index (χ3v) is 4.57. The fourth-order valence-corrected chi connectivity index (χ4v) is 3.08. The second kappa shape index (κ2) is 8.81. The van der Waals surface area contributed by atoms with E-state index < -0.39 is 0 Å². The van der Waals surface area contributed by atoms with Gasteiger partial charge in [0, 0.05) is 19.1 Å². The van der Waals surface area contributed by atoms with Crippen LogP contribution in [0.1, 0.15) is 73.9 Å². The van der Waals surface area contributed by atoms with Crippen LogP contribution < -0.4 is 5.32 Å². The Morgan fingerprint density at radius 2 is 2.04 bits per heavy atom. The predicted octanol–water partition coefficient (Wildman–Crippen LogP) is 3.26. The standard InChI is InChI=1S/C19H29N3O2/c1-4-15-8-5-6-13-22(15)19(24)17-10-7-9-16(21-17)18(23)20-12-11-14(2)3/h7,9-10,14-15H,4-6,8,11-13H2,1-3H3,(H,20,23). The van der Waals surface area contributed by atoms with Crippen molar-refractivity contribution in [3.63, 3.8) is 0 Å². The van der Waals surface area contributed by atoms with Gasteiger partial charge in [0.2, 0.25) is 0 Å². The molecule has 5 nitrogen and oxygen atoms in total. The summed E-state index contributed by atoms with van der Waals surface area (Å²) >= 11 is 0. The van der Waals surface area contributed by atoms with Gasteiger partial charge in [0.1, 0.15) is 11.4 Å². The van der Waals surface area contributed by atoms with Crippen LogP contribution in [-0.4, -0.2) is 40.8 Å². The first kappa shape index (κ1) is 18.4. The fraction of sp³-hybridized carbons (Fsp3) is 0.632. The molecule has 1 saturated heterocycles. The average molecular weight is 331 g/mol. The van der Waals surface area contributed by atoms with Crippen molar-refractivity contribution >= 4 is 11.8 Å².